The van der Waals surface area contributed by atoms with Gasteiger partial charge in [-0.15, -0.1) is 0 Å². The van der Waals surface area contributed by atoms with E-state index in [0.29, 0.717) is 11.6 Å². The predicted molar refractivity (Wildman–Crippen MR) is 74.4 cm³/mol. The second kappa shape index (κ2) is 8.10. The van der Waals surface area contributed by atoms with Crippen LogP contribution in [0.3, 0.4) is 0 Å². The molecule has 1 heterocycles. The maximum absolute atomic E-state index is 5.57. The zero-order valence-corrected chi connectivity index (χ0v) is 12.1. The summed E-state index contributed by atoms with van der Waals surface area (Å²) in [5, 5.41) is 3.87. The molecular formula is C15H31NO. The van der Waals surface area contributed by atoms with Crippen molar-refractivity contribution in [3.8, 4) is 0 Å². The van der Waals surface area contributed by atoms with E-state index >= 15 is 0 Å². The van der Waals surface area contributed by atoms with Crippen LogP contribution >= 0.6 is 0 Å². The van der Waals surface area contributed by atoms with Gasteiger partial charge >= 0.3 is 0 Å². The lowest BCUT2D eigenvalue weighted by Gasteiger charge is -2.37. The molecule has 17 heavy (non-hydrogen) atoms. The molecule has 2 atom stereocenters. The Labute approximate surface area is 108 Å². The van der Waals surface area contributed by atoms with Gasteiger partial charge < -0.3 is 10.1 Å². The number of rotatable bonds is 8. The molecule has 0 aliphatic carbocycles. The summed E-state index contributed by atoms with van der Waals surface area (Å²) < 4.78 is 5.57. The average molecular weight is 241 g/mol. The van der Waals surface area contributed by atoms with Gasteiger partial charge in [0.25, 0.3) is 0 Å². The summed E-state index contributed by atoms with van der Waals surface area (Å²) >= 11 is 0. The standard InChI is InChI=1S/C15H31NO/c1-4-6-7-11-15(3,10-5-2)16-14-9-8-12-17-13-14/h14,16H,4-13H2,1-3H3. The Balaban J connectivity index is 2.38. The number of hydrogen-bond acceptors (Lipinski definition) is 2. The van der Waals surface area contributed by atoms with E-state index in [1.54, 1.807) is 0 Å². The van der Waals surface area contributed by atoms with Gasteiger partial charge in [-0.1, -0.05) is 39.5 Å². The smallest absolute Gasteiger partial charge is 0.0619 e. The molecule has 102 valence electrons. The second-order valence-electron chi connectivity index (χ2n) is 5.83. The number of nitrogens with one attached hydrogen (secondary N) is 1. The second-order valence-corrected chi connectivity index (χ2v) is 5.83. The predicted octanol–water partition coefficient (Wildman–Crippen LogP) is 3.89. The van der Waals surface area contributed by atoms with Gasteiger partial charge in [0.05, 0.1) is 6.61 Å². The van der Waals surface area contributed by atoms with E-state index in [1.807, 2.05) is 0 Å². The maximum Gasteiger partial charge on any atom is 0.0619 e. The maximum atomic E-state index is 5.57. The van der Waals surface area contributed by atoms with E-state index in [4.69, 9.17) is 4.74 Å². The molecule has 2 nitrogen and oxygen atoms in total. The molecule has 0 amide bonds. The van der Waals surface area contributed by atoms with Crippen LogP contribution in [0.15, 0.2) is 0 Å². The summed E-state index contributed by atoms with van der Waals surface area (Å²) in [6.45, 7) is 8.84. The SMILES string of the molecule is CCCCCC(C)(CCC)NC1CCCOC1. The van der Waals surface area contributed by atoms with Gasteiger partial charge in [0.2, 0.25) is 0 Å². The third-order valence-electron chi connectivity index (χ3n) is 3.85. The molecule has 0 spiro atoms. The van der Waals surface area contributed by atoms with Crippen molar-refractivity contribution < 1.29 is 4.74 Å². The highest BCUT2D eigenvalue weighted by molar-refractivity contribution is 4.87. The molecule has 1 aliphatic heterocycles. The topological polar surface area (TPSA) is 21.3 Å². The minimum absolute atomic E-state index is 0.329. The normalized spacial score (nSPS) is 24.5. The van der Waals surface area contributed by atoms with Crippen molar-refractivity contribution >= 4 is 0 Å². The van der Waals surface area contributed by atoms with E-state index in [-0.39, 0.29) is 0 Å². The third kappa shape index (κ3) is 5.87. The van der Waals surface area contributed by atoms with Crippen LogP contribution in [0.2, 0.25) is 0 Å². The molecule has 1 aliphatic rings. The fourth-order valence-corrected chi connectivity index (χ4v) is 2.93. The quantitative estimate of drug-likeness (QED) is 0.651. The van der Waals surface area contributed by atoms with Crippen molar-refractivity contribution in [2.75, 3.05) is 13.2 Å². The van der Waals surface area contributed by atoms with Gasteiger partial charge in [-0.05, 0) is 32.6 Å². The highest BCUT2D eigenvalue weighted by atomic mass is 16.5. The van der Waals surface area contributed by atoms with Crippen molar-refractivity contribution in [3.63, 3.8) is 0 Å². The van der Waals surface area contributed by atoms with Crippen LogP contribution in [-0.2, 0) is 4.74 Å². The highest BCUT2D eigenvalue weighted by Crippen LogP contribution is 2.23. The minimum atomic E-state index is 0.329. The Hall–Kier alpha value is -0.0800. The fourth-order valence-electron chi connectivity index (χ4n) is 2.93. The Morgan fingerprint density at radius 1 is 1.18 bits per heavy atom. The van der Waals surface area contributed by atoms with E-state index < -0.39 is 0 Å². The number of hydrogen-bond donors (Lipinski definition) is 1. The molecule has 1 N–H and O–H groups in total. The molecule has 1 rings (SSSR count). The number of unbranched alkanes of at least 4 members (excludes halogenated alkanes) is 2. The summed E-state index contributed by atoms with van der Waals surface area (Å²) in [5.41, 5.74) is 0.329. The van der Waals surface area contributed by atoms with Crippen LogP contribution in [0, 0.1) is 0 Å². The van der Waals surface area contributed by atoms with Gasteiger partial charge in [-0.2, -0.15) is 0 Å². The zero-order valence-electron chi connectivity index (χ0n) is 12.1. The van der Waals surface area contributed by atoms with E-state index in [0.717, 1.165) is 13.2 Å². The van der Waals surface area contributed by atoms with Crippen molar-refractivity contribution in [1.82, 2.24) is 5.32 Å². The van der Waals surface area contributed by atoms with Crippen LogP contribution < -0.4 is 5.32 Å². The van der Waals surface area contributed by atoms with Gasteiger partial charge in [-0.25, -0.2) is 0 Å². The lowest BCUT2D eigenvalue weighted by Crippen LogP contribution is -2.51. The highest BCUT2D eigenvalue weighted by Gasteiger charge is 2.26. The summed E-state index contributed by atoms with van der Waals surface area (Å²) in [5.74, 6) is 0. The molecule has 2 heteroatoms. The largest absolute Gasteiger partial charge is 0.380 e. The van der Waals surface area contributed by atoms with Crippen molar-refractivity contribution in [1.29, 1.82) is 0 Å². The van der Waals surface area contributed by atoms with Crippen LogP contribution in [0.5, 0.6) is 0 Å². The van der Waals surface area contributed by atoms with Gasteiger partial charge in [0.15, 0.2) is 0 Å². The molecule has 1 fully saturated rings. The molecule has 2 unspecified atom stereocenters. The Morgan fingerprint density at radius 3 is 2.59 bits per heavy atom. The molecule has 0 saturated carbocycles. The Bertz CT molecular complexity index is 189. The molecule has 1 saturated heterocycles. The minimum Gasteiger partial charge on any atom is -0.380 e. The summed E-state index contributed by atoms with van der Waals surface area (Å²) in [6, 6.07) is 0.585. The molecule has 0 aromatic rings. The Morgan fingerprint density at radius 2 is 2.00 bits per heavy atom. The monoisotopic (exact) mass is 241 g/mol. The van der Waals surface area contributed by atoms with E-state index in [9.17, 15) is 0 Å². The van der Waals surface area contributed by atoms with Crippen molar-refractivity contribution in [2.45, 2.75) is 83.7 Å². The first-order chi connectivity index (χ1) is 8.20. The van der Waals surface area contributed by atoms with Crippen LogP contribution in [0.4, 0.5) is 0 Å². The molecular weight excluding hydrogens is 210 g/mol. The lowest BCUT2D eigenvalue weighted by molar-refractivity contribution is 0.0561. The van der Waals surface area contributed by atoms with Crippen LogP contribution in [0.1, 0.15) is 72.1 Å². The first-order valence-electron chi connectivity index (χ1n) is 7.55. The fraction of sp³-hybridized carbons (Fsp3) is 1.00. The zero-order chi connectivity index (χ0) is 12.6. The molecule has 0 bridgehead atoms. The molecule has 0 aromatic carbocycles. The van der Waals surface area contributed by atoms with Crippen LogP contribution in [-0.4, -0.2) is 24.8 Å². The average Bonchev–Trinajstić information content (AvgIpc) is 2.31. The third-order valence-corrected chi connectivity index (χ3v) is 3.85. The van der Waals surface area contributed by atoms with E-state index in [1.165, 1.54) is 51.4 Å². The summed E-state index contributed by atoms with van der Waals surface area (Å²) in [4.78, 5) is 0. The van der Waals surface area contributed by atoms with Crippen molar-refractivity contribution in [3.05, 3.63) is 0 Å². The summed E-state index contributed by atoms with van der Waals surface area (Å²) in [7, 11) is 0. The lowest BCUT2D eigenvalue weighted by atomic mass is 9.88. The van der Waals surface area contributed by atoms with E-state index in [2.05, 4.69) is 26.1 Å². The van der Waals surface area contributed by atoms with Gasteiger partial charge in [0, 0.05) is 18.2 Å². The van der Waals surface area contributed by atoms with Gasteiger partial charge in [0.1, 0.15) is 0 Å². The first kappa shape index (κ1) is 15.0. The molecule has 0 aromatic heterocycles. The van der Waals surface area contributed by atoms with Gasteiger partial charge in [-0.3, -0.25) is 0 Å². The number of ether oxygens (including phenoxy) is 1. The first-order valence-corrected chi connectivity index (χ1v) is 7.55. The van der Waals surface area contributed by atoms with Crippen LogP contribution in [0.25, 0.3) is 0 Å². The molecule has 0 radical (unpaired) electrons. The Kier molecular flexibility index (Phi) is 7.14. The van der Waals surface area contributed by atoms with Crippen molar-refractivity contribution in [2.24, 2.45) is 0 Å². The summed E-state index contributed by atoms with van der Waals surface area (Å²) in [6.07, 6.45) is 10.4.